The molecule has 0 saturated heterocycles. The van der Waals surface area contributed by atoms with Crippen LogP contribution in [0.4, 0.5) is 5.88 Å². The molecule has 0 aliphatic heterocycles. The molecule has 0 atom stereocenters. The van der Waals surface area contributed by atoms with Gasteiger partial charge in [-0.3, -0.25) is 10.1 Å². The third-order valence-electron chi connectivity index (χ3n) is 2.37. The largest absolute Gasteiger partial charge is 0.433 e. The second-order valence-electron chi connectivity index (χ2n) is 3.77. The summed E-state index contributed by atoms with van der Waals surface area (Å²) < 4.78 is 5.08. The van der Waals surface area contributed by atoms with Crippen LogP contribution in [0, 0.1) is 10.1 Å². The Kier molecular flexibility index (Phi) is 5.42. The minimum absolute atomic E-state index is 0.215. The van der Waals surface area contributed by atoms with Gasteiger partial charge >= 0.3 is 5.88 Å². The number of nitro groups is 1. The second-order valence-corrected chi connectivity index (χ2v) is 3.77. The molecule has 1 heterocycles. The standard InChI is InChI=1S/C12H18N2O3/c1-3-7-13-9-10(4-2)8-11-5-6-12(17-11)14(15)16/h5-6,8,13H,3-4,7,9H2,1-2H3. The molecule has 0 aliphatic rings. The molecule has 0 spiro atoms. The molecule has 17 heavy (non-hydrogen) atoms. The van der Waals surface area contributed by atoms with Crippen molar-refractivity contribution in [1.29, 1.82) is 0 Å². The molecule has 0 unspecified atom stereocenters. The van der Waals surface area contributed by atoms with Gasteiger partial charge < -0.3 is 9.73 Å². The molecule has 1 aromatic rings. The monoisotopic (exact) mass is 238 g/mol. The zero-order valence-corrected chi connectivity index (χ0v) is 10.2. The van der Waals surface area contributed by atoms with Crippen LogP contribution >= 0.6 is 0 Å². The number of hydrogen-bond donors (Lipinski definition) is 1. The molecule has 0 bridgehead atoms. The van der Waals surface area contributed by atoms with Gasteiger partial charge in [0.15, 0.2) is 0 Å². The van der Waals surface area contributed by atoms with Crippen LogP contribution in [0.3, 0.4) is 0 Å². The molecule has 1 rings (SSSR count). The third-order valence-corrected chi connectivity index (χ3v) is 2.37. The third kappa shape index (κ3) is 4.40. The molecular weight excluding hydrogens is 220 g/mol. The first kappa shape index (κ1) is 13.4. The molecule has 1 N–H and O–H groups in total. The van der Waals surface area contributed by atoms with E-state index in [-0.39, 0.29) is 5.88 Å². The fourth-order valence-electron chi connectivity index (χ4n) is 1.42. The Balaban J connectivity index is 2.65. The van der Waals surface area contributed by atoms with Gasteiger partial charge in [0.1, 0.15) is 10.7 Å². The van der Waals surface area contributed by atoms with E-state index in [2.05, 4.69) is 19.2 Å². The fourth-order valence-corrected chi connectivity index (χ4v) is 1.42. The van der Waals surface area contributed by atoms with Crippen LogP contribution in [-0.4, -0.2) is 18.0 Å². The van der Waals surface area contributed by atoms with Crippen molar-refractivity contribution in [2.75, 3.05) is 13.1 Å². The van der Waals surface area contributed by atoms with Gasteiger partial charge in [-0.2, -0.15) is 0 Å². The first-order valence-corrected chi connectivity index (χ1v) is 5.81. The van der Waals surface area contributed by atoms with Gasteiger partial charge in [0.05, 0.1) is 6.07 Å². The Morgan fingerprint density at radius 2 is 2.29 bits per heavy atom. The van der Waals surface area contributed by atoms with Crippen molar-refractivity contribution < 1.29 is 9.34 Å². The summed E-state index contributed by atoms with van der Waals surface area (Å²) in [6, 6.07) is 2.99. The lowest BCUT2D eigenvalue weighted by Gasteiger charge is -2.05. The predicted octanol–water partition coefficient (Wildman–Crippen LogP) is 2.98. The Labute approximate surface area is 101 Å². The summed E-state index contributed by atoms with van der Waals surface area (Å²) in [6.45, 7) is 5.92. The van der Waals surface area contributed by atoms with Crippen LogP contribution in [0.2, 0.25) is 0 Å². The van der Waals surface area contributed by atoms with Crippen LogP contribution in [-0.2, 0) is 0 Å². The van der Waals surface area contributed by atoms with E-state index in [1.807, 2.05) is 6.08 Å². The first-order chi connectivity index (χ1) is 8.17. The number of nitrogens with zero attached hydrogens (tertiary/aromatic N) is 1. The number of hydrogen-bond acceptors (Lipinski definition) is 4. The molecule has 1 aromatic heterocycles. The Hall–Kier alpha value is -1.62. The van der Waals surface area contributed by atoms with E-state index < -0.39 is 4.92 Å². The molecule has 5 nitrogen and oxygen atoms in total. The second kappa shape index (κ2) is 6.85. The van der Waals surface area contributed by atoms with E-state index in [1.165, 1.54) is 11.6 Å². The van der Waals surface area contributed by atoms with Gasteiger partial charge in [0.2, 0.25) is 0 Å². The minimum Gasteiger partial charge on any atom is -0.401 e. The zero-order chi connectivity index (χ0) is 12.7. The highest BCUT2D eigenvalue weighted by Gasteiger charge is 2.10. The van der Waals surface area contributed by atoms with E-state index in [0.717, 1.165) is 25.9 Å². The van der Waals surface area contributed by atoms with Crippen LogP contribution in [0.15, 0.2) is 22.1 Å². The highest BCUT2D eigenvalue weighted by molar-refractivity contribution is 5.49. The molecular formula is C12H18N2O3. The van der Waals surface area contributed by atoms with Gasteiger partial charge in [0, 0.05) is 6.54 Å². The molecule has 0 saturated carbocycles. The molecule has 5 heteroatoms. The lowest BCUT2D eigenvalue weighted by molar-refractivity contribution is -0.402. The number of rotatable bonds is 7. The van der Waals surface area contributed by atoms with Gasteiger partial charge in [0.25, 0.3) is 0 Å². The zero-order valence-electron chi connectivity index (χ0n) is 10.2. The summed E-state index contributed by atoms with van der Waals surface area (Å²) in [6.07, 6.45) is 3.84. The number of furan rings is 1. The number of nitrogens with one attached hydrogen (secondary N) is 1. The van der Waals surface area contributed by atoms with Crippen molar-refractivity contribution >= 4 is 12.0 Å². The Morgan fingerprint density at radius 1 is 1.53 bits per heavy atom. The molecule has 94 valence electrons. The topological polar surface area (TPSA) is 68.3 Å². The van der Waals surface area contributed by atoms with E-state index in [0.29, 0.717) is 5.76 Å². The van der Waals surface area contributed by atoms with Crippen molar-refractivity contribution in [2.24, 2.45) is 0 Å². The molecule has 0 amide bonds. The maximum absolute atomic E-state index is 10.5. The average molecular weight is 238 g/mol. The molecule has 0 aromatic carbocycles. The Bertz CT molecular complexity index is 396. The highest BCUT2D eigenvalue weighted by Crippen LogP contribution is 2.18. The molecule has 0 radical (unpaired) electrons. The van der Waals surface area contributed by atoms with Crippen LogP contribution in [0.25, 0.3) is 6.08 Å². The summed E-state index contributed by atoms with van der Waals surface area (Å²) >= 11 is 0. The summed E-state index contributed by atoms with van der Waals surface area (Å²) in [5, 5.41) is 13.8. The lowest BCUT2D eigenvalue weighted by atomic mass is 10.1. The van der Waals surface area contributed by atoms with Gasteiger partial charge in [-0.1, -0.05) is 19.4 Å². The van der Waals surface area contributed by atoms with Crippen LogP contribution in [0.5, 0.6) is 0 Å². The van der Waals surface area contributed by atoms with Crippen molar-refractivity contribution in [3.8, 4) is 0 Å². The summed E-state index contributed by atoms with van der Waals surface area (Å²) in [7, 11) is 0. The quantitative estimate of drug-likeness (QED) is 0.450. The van der Waals surface area contributed by atoms with Crippen molar-refractivity contribution in [3.05, 3.63) is 33.6 Å². The van der Waals surface area contributed by atoms with Crippen LogP contribution in [0.1, 0.15) is 32.4 Å². The van der Waals surface area contributed by atoms with Gasteiger partial charge in [-0.05, 0) is 31.5 Å². The normalized spacial score (nSPS) is 11.8. The summed E-state index contributed by atoms with van der Waals surface area (Å²) in [5.74, 6) is 0.320. The van der Waals surface area contributed by atoms with Crippen molar-refractivity contribution in [2.45, 2.75) is 26.7 Å². The molecule has 0 aliphatic carbocycles. The summed E-state index contributed by atoms with van der Waals surface area (Å²) in [5.41, 5.74) is 1.17. The van der Waals surface area contributed by atoms with E-state index >= 15 is 0 Å². The minimum atomic E-state index is -0.529. The van der Waals surface area contributed by atoms with Gasteiger partial charge in [-0.15, -0.1) is 0 Å². The van der Waals surface area contributed by atoms with E-state index in [9.17, 15) is 10.1 Å². The molecule has 0 fully saturated rings. The maximum Gasteiger partial charge on any atom is 0.433 e. The summed E-state index contributed by atoms with van der Waals surface area (Å²) in [4.78, 5) is 9.93. The first-order valence-electron chi connectivity index (χ1n) is 5.81. The predicted molar refractivity (Wildman–Crippen MR) is 66.8 cm³/mol. The van der Waals surface area contributed by atoms with E-state index in [4.69, 9.17) is 4.42 Å². The van der Waals surface area contributed by atoms with Crippen molar-refractivity contribution in [1.82, 2.24) is 5.32 Å². The maximum atomic E-state index is 10.5. The van der Waals surface area contributed by atoms with Gasteiger partial charge in [-0.25, -0.2) is 0 Å². The fraction of sp³-hybridized carbons (Fsp3) is 0.500. The smallest absolute Gasteiger partial charge is 0.401 e. The average Bonchev–Trinajstić information content (AvgIpc) is 2.76. The highest BCUT2D eigenvalue weighted by atomic mass is 16.6. The Morgan fingerprint density at radius 3 is 2.82 bits per heavy atom. The van der Waals surface area contributed by atoms with Crippen LogP contribution < -0.4 is 5.32 Å². The lowest BCUT2D eigenvalue weighted by Crippen LogP contribution is -2.17. The SMILES string of the molecule is CCCNCC(=Cc1ccc([N+](=O)[O-])o1)CC. The van der Waals surface area contributed by atoms with Crippen molar-refractivity contribution in [3.63, 3.8) is 0 Å². The van der Waals surface area contributed by atoms with E-state index in [1.54, 1.807) is 6.07 Å².